The van der Waals surface area contributed by atoms with Crippen LogP contribution >= 0.6 is 11.6 Å². The smallest absolute Gasteiger partial charge is 0.0406 e. The summed E-state index contributed by atoms with van der Waals surface area (Å²) in [5.41, 5.74) is 1.37. The minimum Gasteiger partial charge on any atom is -0.313 e. The van der Waals surface area contributed by atoms with Crippen molar-refractivity contribution in [3.63, 3.8) is 0 Å². The summed E-state index contributed by atoms with van der Waals surface area (Å²) in [7, 11) is 2.24. The van der Waals surface area contributed by atoms with E-state index < -0.39 is 0 Å². The highest BCUT2D eigenvalue weighted by Gasteiger charge is 2.20. The second-order valence-electron chi connectivity index (χ2n) is 5.56. The van der Waals surface area contributed by atoms with E-state index in [4.69, 9.17) is 11.6 Å². The van der Waals surface area contributed by atoms with Gasteiger partial charge in [-0.1, -0.05) is 37.1 Å². The maximum atomic E-state index is 5.97. The Labute approximate surface area is 122 Å². The summed E-state index contributed by atoms with van der Waals surface area (Å²) in [5.74, 6) is 0. The van der Waals surface area contributed by atoms with Crippen LogP contribution in [0.3, 0.4) is 0 Å². The predicted molar refractivity (Wildman–Crippen MR) is 82.8 cm³/mol. The summed E-state index contributed by atoms with van der Waals surface area (Å²) >= 11 is 5.97. The van der Waals surface area contributed by atoms with Crippen LogP contribution in [0.2, 0.25) is 5.02 Å². The highest BCUT2D eigenvalue weighted by Crippen LogP contribution is 2.25. The molecule has 1 aromatic carbocycles. The van der Waals surface area contributed by atoms with E-state index in [1.54, 1.807) is 0 Å². The molecule has 2 atom stereocenters. The van der Waals surface area contributed by atoms with Gasteiger partial charge in [-0.15, -0.1) is 0 Å². The zero-order valence-electron chi connectivity index (χ0n) is 12.0. The maximum absolute atomic E-state index is 5.97. The third-order valence-corrected chi connectivity index (χ3v) is 4.35. The standard InChI is InChI=1S/C16H25ClN2/c1-3-16(13-7-9-14(17)10-8-13)19(2)12-15-6-4-5-11-18-15/h7-10,15-16,18H,3-6,11-12H2,1-2H3. The van der Waals surface area contributed by atoms with Crippen LogP contribution < -0.4 is 5.32 Å². The lowest BCUT2D eigenvalue weighted by Crippen LogP contribution is -2.43. The van der Waals surface area contributed by atoms with Gasteiger partial charge in [-0.05, 0) is 50.6 Å². The van der Waals surface area contributed by atoms with E-state index in [1.807, 2.05) is 12.1 Å². The molecular weight excluding hydrogens is 256 g/mol. The van der Waals surface area contributed by atoms with Gasteiger partial charge >= 0.3 is 0 Å². The molecule has 1 N–H and O–H groups in total. The van der Waals surface area contributed by atoms with Crippen LogP contribution in [0, 0.1) is 0 Å². The van der Waals surface area contributed by atoms with Gasteiger partial charge in [-0.2, -0.15) is 0 Å². The van der Waals surface area contributed by atoms with E-state index in [0.29, 0.717) is 12.1 Å². The third-order valence-electron chi connectivity index (χ3n) is 4.09. The maximum Gasteiger partial charge on any atom is 0.0406 e. The van der Waals surface area contributed by atoms with E-state index >= 15 is 0 Å². The Balaban J connectivity index is 1.97. The van der Waals surface area contributed by atoms with Crippen LogP contribution in [0.25, 0.3) is 0 Å². The molecule has 0 amide bonds. The number of nitrogens with one attached hydrogen (secondary N) is 1. The fourth-order valence-corrected chi connectivity index (χ4v) is 3.17. The molecule has 2 nitrogen and oxygen atoms in total. The van der Waals surface area contributed by atoms with Gasteiger partial charge in [0, 0.05) is 23.7 Å². The first kappa shape index (κ1) is 14.8. The van der Waals surface area contributed by atoms with Crippen molar-refractivity contribution in [2.24, 2.45) is 0 Å². The largest absolute Gasteiger partial charge is 0.313 e. The van der Waals surface area contributed by atoms with E-state index in [0.717, 1.165) is 18.0 Å². The highest BCUT2D eigenvalue weighted by molar-refractivity contribution is 6.30. The van der Waals surface area contributed by atoms with Crippen LogP contribution in [-0.4, -0.2) is 31.1 Å². The zero-order chi connectivity index (χ0) is 13.7. The SMILES string of the molecule is CCC(c1ccc(Cl)cc1)N(C)CC1CCCCN1. The normalized spacial score (nSPS) is 21.6. The lowest BCUT2D eigenvalue weighted by Gasteiger charge is -2.33. The molecule has 1 aliphatic heterocycles. The summed E-state index contributed by atoms with van der Waals surface area (Å²) in [6.07, 6.45) is 5.13. The second kappa shape index (κ2) is 7.28. The molecule has 106 valence electrons. The molecule has 0 bridgehead atoms. The monoisotopic (exact) mass is 280 g/mol. The predicted octanol–water partition coefficient (Wildman–Crippen LogP) is 3.87. The van der Waals surface area contributed by atoms with Crippen molar-refractivity contribution in [1.29, 1.82) is 0 Å². The molecule has 1 fully saturated rings. The van der Waals surface area contributed by atoms with Gasteiger partial charge in [0.05, 0.1) is 0 Å². The molecule has 2 rings (SSSR count). The number of rotatable bonds is 5. The Morgan fingerprint density at radius 1 is 1.32 bits per heavy atom. The quantitative estimate of drug-likeness (QED) is 0.881. The van der Waals surface area contributed by atoms with Crippen molar-refractivity contribution in [3.05, 3.63) is 34.9 Å². The first-order valence-corrected chi connectivity index (χ1v) is 7.77. The first-order valence-electron chi connectivity index (χ1n) is 7.39. The fraction of sp³-hybridized carbons (Fsp3) is 0.625. The Kier molecular flexibility index (Phi) is 5.68. The van der Waals surface area contributed by atoms with Gasteiger partial charge in [-0.25, -0.2) is 0 Å². The van der Waals surface area contributed by atoms with Crippen molar-refractivity contribution in [1.82, 2.24) is 10.2 Å². The molecule has 19 heavy (non-hydrogen) atoms. The number of benzene rings is 1. The first-order chi connectivity index (χ1) is 9.20. The van der Waals surface area contributed by atoms with Crippen LogP contribution in [0.4, 0.5) is 0 Å². The van der Waals surface area contributed by atoms with Gasteiger partial charge in [0.1, 0.15) is 0 Å². The number of nitrogens with zero attached hydrogens (tertiary/aromatic N) is 1. The van der Waals surface area contributed by atoms with Crippen molar-refractivity contribution < 1.29 is 0 Å². The van der Waals surface area contributed by atoms with Crippen LogP contribution in [-0.2, 0) is 0 Å². The molecule has 0 saturated carbocycles. The average Bonchev–Trinajstić information content (AvgIpc) is 2.43. The summed E-state index contributed by atoms with van der Waals surface area (Å²) in [6, 6.07) is 9.43. The van der Waals surface area contributed by atoms with E-state index in [-0.39, 0.29) is 0 Å². The van der Waals surface area contributed by atoms with Crippen LogP contribution in [0.1, 0.15) is 44.2 Å². The summed E-state index contributed by atoms with van der Waals surface area (Å²) in [5, 5.41) is 4.44. The molecule has 1 heterocycles. The molecule has 1 aromatic rings. The minimum atomic E-state index is 0.487. The topological polar surface area (TPSA) is 15.3 Å². The molecular formula is C16H25ClN2. The molecule has 1 aliphatic rings. The minimum absolute atomic E-state index is 0.487. The Hall–Kier alpha value is -0.570. The van der Waals surface area contributed by atoms with E-state index in [2.05, 4.69) is 36.3 Å². The second-order valence-corrected chi connectivity index (χ2v) is 6.00. The third kappa shape index (κ3) is 4.20. The summed E-state index contributed by atoms with van der Waals surface area (Å²) in [6.45, 7) is 4.56. The van der Waals surface area contributed by atoms with Crippen LogP contribution in [0.15, 0.2) is 24.3 Å². The molecule has 2 unspecified atom stereocenters. The molecule has 1 saturated heterocycles. The molecule has 0 radical (unpaired) electrons. The van der Waals surface area contributed by atoms with Crippen molar-refractivity contribution in [2.45, 2.75) is 44.7 Å². The number of halogens is 1. The Bertz CT molecular complexity index is 371. The van der Waals surface area contributed by atoms with Crippen LogP contribution in [0.5, 0.6) is 0 Å². The molecule has 3 heteroatoms. The van der Waals surface area contributed by atoms with Crippen molar-refractivity contribution in [2.75, 3.05) is 20.1 Å². The number of hydrogen-bond donors (Lipinski definition) is 1. The Morgan fingerprint density at radius 2 is 2.05 bits per heavy atom. The average molecular weight is 281 g/mol. The van der Waals surface area contributed by atoms with Gasteiger partial charge < -0.3 is 5.32 Å². The lowest BCUT2D eigenvalue weighted by molar-refractivity contribution is 0.199. The highest BCUT2D eigenvalue weighted by atomic mass is 35.5. The van der Waals surface area contributed by atoms with Crippen molar-refractivity contribution in [3.8, 4) is 0 Å². The van der Waals surface area contributed by atoms with Gasteiger partial charge in [0.15, 0.2) is 0 Å². The Morgan fingerprint density at radius 3 is 2.63 bits per heavy atom. The molecule has 0 aliphatic carbocycles. The zero-order valence-corrected chi connectivity index (χ0v) is 12.8. The van der Waals surface area contributed by atoms with E-state index in [1.165, 1.54) is 31.4 Å². The van der Waals surface area contributed by atoms with Gasteiger partial charge in [0.25, 0.3) is 0 Å². The van der Waals surface area contributed by atoms with Crippen molar-refractivity contribution >= 4 is 11.6 Å². The fourth-order valence-electron chi connectivity index (χ4n) is 3.04. The molecule has 0 spiro atoms. The number of piperidine rings is 1. The van der Waals surface area contributed by atoms with Gasteiger partial charge in [0.2, 0.25) is 0 Å². The number of likely N-dealkylation sites (N-methyl/N-ethyl adjacent to an activating group) is 1. The number of hydrogen-bond acceptors (Lipinski definition) is 2. The summed E-state index contributed by atoms with van der Waals surface area (Å²) in [4.78, 5) is 2.48. The van der Waals surface area contributed by atoms with Gasteiger partial charge in [-0.3, -0.25) is 4.90 Å². The van der Waals surface area contributed by atoms with E-state index in [9.17, 15) is 0 Å². The summed E-state index contributed by atoms with van der Waals surface area (Å²) < 4.78 is 0. The molecule has 0 aromatic heterocycles. The lowest BCUT2D eigenvalue weighted by atomic mass is 10.0.